The molecule has 14 heavy (non-hydrogen) atoms. The highest BCUT2D eigenvalue weighted by molar-refractivity contribution is 7.99. The Morgan fingerprint density at radius 3 is 2.71 bits per heavy atom. The smallest absolute Gasteiger partial charge is 0.0158 e. The van der Waals surface area contributed by atoms with Crippen LogP contribution in [0, 0.1) is 5.41 Å². The van der Waals surface area contributed by atoms with Gasteiger partial charge in [0.15, 0.2) is 0 Å². The minimum atomic E-state index is 0.503. The van der Waals surface area contributed by atoms with Crippen molar-refractivity contribution in [2.75, 3.05) is 18.1 Å². The topological polar surface area (TPSA) is 12.0 Å². The monoisotopic (exact) mass is 215 g/mol. The molecule has 0 saturated carbocycles. The third-order valence-corrected chi connectivity index (χ3v) is 3.91. The first-order valence-electron chi connectivity index (χ1n) is 5.89. The second kappa shape index (κ2) is 6.02. The molecule has 1 N–H and O–H groups in total. The Bertz CT molecular complexity index is 145. The molecular formula is C12H25NS. The summed E-state index contributed by atoms with van der Waals surface area (Å²) in [5, 5.41) is 3.67. The third kappa shape index (κ3) is 5.92. The molecule has 0 radical (unpaired) electrons. The van der Waals surface area contributed by atoms with Gasteiger partial charge in [-0.1, -0.05) is 20.8 Å². The van der Waals surface area contributed by atoms with Crippen LogP contribution in [0.4, 0.5) is 0 Å². The van der Waals surface area contributed by atoms with Crippen molar-refractivity contribution in [1.29, 1.82) is 0 Å². The van der Waals surface area contributed by atoms with Gasteiger partial charge in [-0.3, -0.25) is 0 Å². The summed E-state index contributed by atoms with van der Waals surface area (Å²) in [6.45, 7) is 8.18. The first kappa shape index (κ1) is 12.4. The zero-order valence-corrected chi connectivity index (χ0v) is 10.8. The van der Waals surface area contributed by atoms with E-state index in [4.69, 9.17) is 0 Å². The van der Waals surface area contributed by atoms with Gasteiger partial charge in [0.25, 0.3) is 0 Å². The van der Waals surface area contributed by atoms with E-state index in [9.17, 15) is 0 Å². The van der Waals surface area contributed by atoms with Crippen LogP contribution in [0.2, 0.25) is 0 Å². The van der Waals surface area contributed by atoms with Gasteiger partial charge in [-0.15, -0.1) is 0 Å². The van der Waals surface area contributed by atoms with Crippen LogP contribution in [0.15, 0.2) is 0 Å². The van der Waals surface area contributed by atoms with Crippen LogP contribution in [-0.4, -0.2) is 24.1 Å². The van der Waals surface area contributed by atoms with E-state index in [1.807, 2.05) is 0 Å². The van der Waals surface area contributed by atoms with E-state index in [1.165, 1.54) is 43.7 Å². The average Bonchev–Trinajstić information content (AvgIpc) is 2.13. The Labute approximate surface area is 93.4 Å². The summed E-state index contributed by atoms with van der Waals surface area (Å²) >= 11 is 2.10. The van der Waals surface area contributed by atoms with Crippen LogP contribution in [0.1, 0.15) is 46.5 Å². The minimum Gasteiger partial charge on any atom is -0.313 e. The zero-order valence-electron chi connectivity index (χ0n) is 9.94. The summed E-state index contributed by atoms with van der Waals surface area (Å²) in [7, 11) is 0. The van der Waals surface area contributed by atoms with E-state index in [2.05, 4.69) is 37.8 Å². The molecule has 0 aromatic carbocycles. The van der Waals surface area contributed by atoms with Gasteiger partial charge >= 0.3 is 0 Å². The van der Waals surface area contributed by atoms with Crippen molar-refractivity contribution in [3.8, 4) is 0 Å². The van der Waals surface area contributed by atoms with Crippen LogP contribution >= 0.6 is 11.8 Å². The number of hydrogen-bond acceptors (Lipinski definition) is 2. The fraction of sp³-hybridized carbons (Fsp3) is 1.00. The molecule has 1 aliphatic heterocycles. The normalized spacial score (nSPS) is 23.8. The second-order valence-corrected chi connectivity index (χ2v) is 6.68. The van der Waals surface area contributed by atoms with Gasteiger partial charge in [-0.05, 0) is 43.4 Å². The fourth-order valence-corrected chi connectivity index (χ4v) is 2.93. The van der Waals surface area contributed by atoms with Crippen molar-refractivity contribution >= 4 is 11.8 Å². The Hall–Kier alpha value is 0.310. The standard InChI is InChI=1S/C12H25NS/c1-12(2,3)7-5-8-13-11-6-4-9-14-10-11/h11,13H,4-10H2,1-3H3. The van der Waals surface area contributed by atoms with E-state index in [0.29, 0.717) is 5.41 Å². The molecule has 1 fully saturated rings. The summed E-state index contributed by atoms with van der Waals surface area (Å²) in [5.74, 6) is 2.70. The van der Waals surface area contributed by atoms with E-state index in [-0.39, 0.29) is 0 Å². The first-order valence-corrected chi connectivity index (χ1v) is 7.04. The van der Waals surface area contributed by atoms with Crippen LogP contribution < -0.4 is 5.32 Å². The van der Waals surface area contributed by atoms with Crippen LogP contribution in [-0.2, 0) is 0 Å². The maximum absolute atomic E-state index is 3.67. The summed E-state index contributed by atoms with van der Waals surface area (Å²) in [5.41, 5.74) is 0.503. The highest BCUT2D eigenvalue weighted by Crippen LogP contribution is 2.20. The van der Waals surface area contributed by atoms with Crippen LogP contribution in [0.25, 0.3) is 0 Å². The molecule has 0 aromatic rings. The van der Waals surface area contributed by atoms with Crippen molar-refractivity contribution < 1.29 is 0 Å². The molecular weight excluding hydrogens is 190 g/mol. The summed E-state index contributed by atoms with van der Waals surface area (Å²) in [4.78, 5) is 0. The zero-order chi connectivity index (χ0) is 10.4. The van der Waals surface area contributed by atoms with Gasteiger partial charge in [-0.2, -0.15) is 11.8 Å². The van der Waals surface area contributed by atoms with E-state index in [1.54, 1.807) is 0 Å². The molecule has 1 nitrogen and oxygen atoms in total. The third-order valence-electron chi connectivity index (χ3n) is 2.70. The number of thioether (sulfide) groups is 1. The van der Waals surface area contributed by atoms with Crippen molar-refractivity contribution in [3.05, 3.63) is 0 Å². The largest absolute Gasteiger partial charge is 0.313 e. The lowest BCUT2D eigenvalue weighted by molar-refractivity contribution is 0.354. The Kier molecular flexibility index (Phi) is 5.32. The Morgan fingerprint density at radius 1 is 1.36 bits per heavy atom. The second-order valence-electron chi connectivity index (χ2n) is 5.53. The van der Waals surface area contributed by atoms with Gasteiger partial charge < -0.3 is 5.32 Å². The number of rotatable bonds is 4. The predicted octanol–water partition coefficient (Wildman–Crippen LogP) is 3.30. The highest BCUT2D eigenvalue weighted by atomic mass is 32.2. The molecule has 1 saturated heterocycles. The summed E-state index contributed by atoms with van der Waals surface area (Å²) in [6.07, 6.45) is 5.45. The number of hydrogen-bond donors (Lipinski definition) is 1. The molecule has 84 valence electrons. The Morgan fingerprint density at radius 2 is 2.14 bits per heavy atom. The molecule has 0 aliphatic carbocycles. The SMILES string of the molecule is CC(C)(C)CCCNC1CCCSC1. The maximum atomic E-state index is 3.67. The molecule has 1 unspecified atom stereocenters. The molecule has 0 amide bonds. The van der Waals surface area contributed by atoms with Gasteiger partial charge in [-0.25, -0.2) is 0 Å². The van der Waals surface area contributed by atoms with Gasteiger partial charge in [0.1, 0.15) is 0 Å². The van der Waals surface area contributed by atoms with Gasteiger partial charge in [0.05, 0.1) is 0 Å². The van der Waals surface area contributed by atoms with Gasteiger partial charge in [0.2, 0.25) is 0 Å². The fourth-order valence-electron chi connectivity index (χ4n) is 1.83. The molecule has 0 bridgehead atoms. The molecule has 1 heterocycles. The summed E-state index contributed by atoms with van der Waals surface area (Å²) in [6, 6.07) is 0.800. The lowest BCUT2D eigenvalue weighted by Gasteiger charge is -2.24. The molecule has 1 aliphatic rings. The molecule has 2 heteroatoms. The van der Waals surface area contributed by atoms with E-state index >= 15 is 0 Å². The van der Waals surface area contributed by atoms with Crippen LogP contribution in [0.3, 0.4) is 0 Å². The van der Waals surface area contributed by atoms with Crippen molar-refractivity contribution in [1.82, 2.24) is 5.32 Å². The molecule has 0 spiro atoms. The molecule has 0 aromatic heterocycles. The van der Waals surface area contributed by atoms with E-state index in [0.717, 1.165) is 6.04 Å². The highest BCUT2D eigenvalue weighted by Gasteiger charge is 2.13. The quantitative estimate of drug-likeness (QED) is 0.722. The lowest BCUT2D eigenvalue weighted by atomic mass is 9.90. The lowest BCUT2D eigenvalue weighted by Crippen LogP contribution is -2.34. The average molecular weight is 215 g/mol. The molecule has 1 atom stereocenters. The van der Waals surface area contributed by atoms with Crippen molar-refractivity contribution in [3.63, 3.8) is 0 Å². The van der Waals surface area contributed by atoms with Crippen molar-refractivity contribution in [2.24, 2.45) is 5.41 Å². The Balaban J connectivity index is 1.97. The summed E-state index contributed by atoms with van der Waals surface area (Å²) < 4.78 is 0. The van der Waals surface area contributed by atoms with Crippen LogP contribution in [0.5, 0.6) is 0 Å². The predicted molar refractivity (Wildman–Crippen MR) is 67.0 cm³/mol. The number of nitrogens with one attached hydrogen (secondary N) is 1. The first-order chi connectivity index (χ1) is 6.58. The van der Waals surface area contributed by atoms with Crippen molar-refractivity contribution in [2.45, 2.75) is 52.5 Å². The van der Waals surface area contributed by atoms with E-state index < -0.39 is 0 Å². The maximum Gasteiger partial charge on any atom is 0.0158 e. The minimum absolute atomic E-state index is 0.503. The molecule has 1 rings (SSSR count). The van der Waals surface area contributed by atoms with Gasteiger partial charge in [0, 0.05) is 11.8 Å².